The van der Waals surface area contributed by atoms with Crippen LogP contribution in [0.15, 0.2) is 18.2 Å². The molecule has 2 N–H and O–H groups in total. The lowest BCUT2D eigenvalue weighted by molar-refractivity contribution is 0.565. The number of fused-ring (bicyclic) bond motifs is 1. The van der Waals surface area contributed by atoms with Crippen molar-refractivity contribution in [3.63, 3.8) is 0 Å². The van der Waals surface area contributed by atoms with Crippen LogP contribution in [0.3, 0.4) is 0 Å². The molecule has 0 saturated carbocycles. The normalized spacial score (nSPS) is 15.3. The van der Waals surface area contributed by atoms with Crippen LogP contribution in [-0.4, -0.2) is 15.6 Å². The molecule has 1 aromatic carbocycles. The third-order valence-corrected chi connectivity index (χ3v) is 3.09. The Labute approximate surface area is 94.1 Å². The van der Waals surface area contributed by atoms with Crippen molar-refractivity contribution in [1.29, 1.82) is 0 Å². The van der Waals surface area contributed by atoms with Gasteiger partial charge < -0.3 is 10.3 Å². The number of hydrogen-bond donors (Lipinski definition) is 1. The number of aryl methyl sites for hydroxylation is 1. The smallest absolute Gasteiger partial charge is 0.151 e. The van der Waals surface area contributed by atoms with Crippen molar-refractivity contribution in [2.75, 3.05) is 0 Å². The van der Waals surface area contributed by atoms with Crippen LogP contribution < -0.4 is 5.73 Å². The summed E-state index contributed by atoms with van der Waals surface area (Å²) < 4.78 is 15.4. The van der Waals surface area contributed by atoms with E-state index in [9.17, 15) is 4.39 Å². The van der Waals surface area contributed by atoms with E-state index in [0.717, 1.165) is 11.3 Å². The zero-order valence-electron chi connectivity index (χ0n) is 9.74. The quantitative estimate of drug-likeness (QED) is 0.844. The number of aromatic nitrogens is 2. The van der Waals surface area contributed by atoms with Gasteiger partial charge in [-0.15, -0.1) is 0 Å². The highest BCUT2D eigenvalue weighted by Gasteiger charge is 2.18. The maximum Gasteiger partial charge on any atom is 0.151 e. The Morgan fingerprint density at radius 2 is 2.06 bits per heavy atom. The van der Waals surface area contributed by atoms with E-state index in [1.165, 1.54) is 6.07 Å². The predicted octanol–water partition coefficient (Wildman–Crippen LogP) is 2.16. The van der Waals surface area contributed by atoms with Gasteiger partial charge in [-0.3, -0.25) is 0 Å². The maximum atomic E-state index is 13.5. The topological polar surface area (TPSA) is 43.8 Å². The molecule has 2 rings (SSSR count). The van der Waals surface area contributed by atoms with Crippen molar-refractivity contribution in [3.8, 4) is 0 Å². The number of halogens is 1. The molecule has 0 aliphatic carbocycles. The lowest BCUT2D eigenvalue weighted by atomic mass is 10.0. The van der Waals surface area contributed by atoms with Crippen LogP contribution in [0.4, 0.5) is 4.39 Å². The molecule has 0 spiro atoms. The first kappa shape index (κ1) is 11.1. The average molecular weight is 221 g/mol. The van der Waals surface area contributed by atoms with Crippen molar-refractivity contribution in [1.82, 2.24) is 9.55 Å². The molecule has 0 bridgehead atoms. The molecule has 0 saturated heterocycles. The summed E-state index contributed by atoms with van der Waals surface area (Å²) in [6.07, 6.45) is 0. The van der Waals surface area contributed by atoms with Crippen LogP contribution in [-0.2, 0) is 7.05 Å². The van der Waals surface area contributed by atoms with Crippen LogP contribution in [0.5, 0.6) is 0 Å². The van der Waals surface area contributed by atoms with Crippen molar-refractivity contribution < 1.29 is 4.39 Å². The third-order valence-electron chi connectivity index (χ3n) is 3.09. The number of nitrogens with two attached hydrogens (primary N) is 1. The summed E-state index contributed by atoms with van der Waals surface area (Å²) in [5.74, 6) is 0.656. The second-order valence-electron chi connectivity index (χ2n) is 4.28. The lowest BCUT2D eigenvalue weighted by Gasteiger charge is -2.14. The van der Waals surface area contributed by atoms with Gasteiger partial charge in [-0.2, -0.15) is 0 Å². The Balaban J connectivity index is 2.65. The Kier molecular flexibility index (Phi) is 2.68. The number of imidazole rings is 1. The summed E-state index contributed by atoms with van der Waals surface area (Å²) >= 11 is 0. The minimum Gasteiger partial charge on any atom is -0.331 e. The summed E-state index contributed by atoms with van der Waals surface area (Å²) in [5, 5.41) is 0. The fourth-order valence-electron chi connectivity index (χ4n) is 1.84. The SMILES string of the molecule is CC(N)C(C)c1nc2c(F)cccc2n1C. The van der Waals surface area contributed by atoms with Crippen molar-refractivity contribution in [3.05, 3.63) is 29.8 Å². The highest BCUT2D eigenvalue weighted by Crippen LogP contribution is 2.23. The summed E-state index contributed by atoms with van der Waals surface area (Å²) in [4.78, 5) is 4.34. The van der Waals surface area contributed by atoms with Gasteiger partial charge in [-0.1, -0.05) is 13.0 Å². The zero-order chi connectivity index (χ0) is 11.9. The Bertz CT molecular complexity index is 516. The summed E-state index contributed by atoms with van der Waals surface area (Å²) in [7, 11) is 1.89. The monoisotopic (exact) mass is 221 g/mol. The molecule has 0 radical (unpaired) electrons. The molecule has 2 aromatic rings. The van der Waals surface area contributed by atoms with Crippen molar-refractivity contribution >= 4 is 11.0 Å². The van der Waals surface area contributed by atoms with Gasteiger partial charge in [0.1, 0.15) is 11.3 Å². The predicted molar refractivity (Wildman–Crippen MR) is 62.7 cm³/mol. The number of hydrogen-bond acceptors (Lipinski definition) is 2. The van der Waals surface area contributed by atoms with E-state index in [1.807, 2.05) is 31.5 Å². The number of benzene rings is 1. The zero-order valence-corrected chi connectivity index (χ0v) is 9.74. The highest BCUT2D eigenvalue weighted by molar-refractivity contribution is 5.76. The molecule has 2 unspecified atom stereocenters. The molecule has 2 atom stereocenters. The van der Waals surface area contributed by atoms with E-state index >= 15 is 0 Å². The highest BCUT2D eigenvalue weighted by atomic mass is 19.1. The van der Waals surface area contributed by atoms with Gasteiger partial charge >= 0.3 is 0 Å². The number of para-hydroxylation sites is 1. The van der Waals surface area contributed by atoms with E-state index in [1.54, 1.807) is 6.07 Å². The second kappa shape index (κ2) is 3.87. The number of nitrogens with zero attached hydrogens (tertiary/aromatic N) is 2. The van der Waals surface area contributed by atoms with Crippen LogP contribution in [0.25, 0.3) is 11.0 Å². The minimum absolute atomic E-state index is 0.00132. The van der Waals surface area contributed by atoms with E-state index in [-0.39, 0.29) is 17.8 Å². The summed E-state index contributed by atoms with van der Waals surface area (Å²) in [5.41, 5.74) is 7.08. The second-order valence-corrected chi connectivity index (χ2v) is 4.28. The largest absolute Gasteiger partial charge is 0.331 e. The van der Waals surface area contributed by atoms with Crippen molar-refractivity contribution in [2.45, 2.75) is 25.8 Å². The van der Waals surface area contributed by atoms with Crippen molar-refractivity contribution in [2.24, 2.45) is 12.8 Å². The molecule has 16 heavy (non-hydrogen) atoms. The molecule has 86 valence electrons. The van der Waals surface area contributed by atoms with Gasteiger partial charge in [0, 0.05) is 19.0 Å². The Morgan fingerprint density at radius 1 is 1.38 bits per heavy atom. The first-order chi connectivity index (χ1) is 7.52. The van der Waals surface area contributed by atoms with Gasteiger partial charge in [0.05, 0.1) is 5.52 Å². The lowest BCUT2D eigenvalue weighted by Crippen LogP contribution is -2.24. The fourth-order valence-corrected chi connectivity index (χ4v) is 1.84. The molecule has 0 aliphatic rings. The van der Waals surface area contributed by atoms with Gasteiger partial charge in [-0.05, 0) is 19.1 Å². The van der Waals surface area contributed by atoms with Gasteiger partial charge in [-0.25, -0.2) is 9.37 Å². The van der Waals surface area contributed by atoms with Crippen LogP contribution in [0, 0.1) is 5.82 Å². The van der Waals surface area contributed by atoms with E-state index in [0.29, 0.717) is 5.52 Å². The first-order valence-electron chi connectivity index (χ1n) is 5.38. The average Bonchev–Trinajstić information content (AvgIpc) is 2.57. The minimum atomic E-state index is -0.281. The van der Waals surface area contributed by atoms with E-state index < -0.39 is 0 Å². The fraction of sp³-hybridized carbons (Fsp3) is 0.417. The molecule has 3 nitrogen and oxygen atoms in total. The molecule has 0 fully saturated rings. The Hall–Kier alpha value is -1.42. The molecule has 1 aromatic heterocycles. The summed E-state index contributed by atoms with van der Waals surface area (Å²) in [6.45, 7) is 3.93. The molecule has 1 heterocycles. The van der Waals surface area contributed by atoms with Crippen LogP contribution >= 0.6 is 0 Å². The van der Waals surface area contributed by atoms with Gasteiger partial charge in [0.25, 0.3) is 0 Å². The molecular formula is C12H16FN3. The molecule has 0 aliphatic heterocycles. The van der Waals surface area contributed by atoms with E-state index in [2.05, 4.69) is 4.98 Å². The maximum absolute atomic E-state index is 13.5. The van der Waals surface area contributed by atoms with E-state index in [4.69, 9.17) is 5.73 Å². The summed E-state index contributed by atoms with van der Waals surface area (Å²) in [6, 6.07) is 4.98. The Morgan fingerprint density at radius 3 is 2.62 bits per heavy atom. The first-order valence-corrected chi connectivity index (χ1v) is 5.38. The molecule has 0 amide bonds. The number of rotatable bonds is 2. The standard InChI is InChI=1S/C12H16FN3/c1-7(8(2)14)12-15-11-9(13)5-4-6-10(11)16(12)3/h4-8H,14H2,1-3H3. The van der Waals surface area contributed by atoms with Crippen LogP contribution in [0.1, 0.15) is 25.6 Å². The third kappa shape index (κ3) is 1.59. The molecular weight excluding hydrogens is 205 g/mol. The van der Waals surface area contributed by atoms with Gasteiger partial charge in [0.15, 0.2) is 5.82 Å². The van der Waals surface area contributed by atoms with Gasteiger partial charge in [0.2, 0.25) is 0 Å². The molecule has 4 heteroatoms. The van der Waals surface area contributed by atoms with Crippen LogP contribution in [0.2, 0.25) is 0 Å².